The van der Waals surface area contributed by atoms with Crippen LogP contribution in [0.5, 0.6) is 0 Å². The Morgan fingerprint density at radius 1 is 1.08 bits per heavy atom. The molecule has 0 spiro atoms. The van der Waals surface area contributed by atoms with E-state index in [-0.39, 0.29) is 11.4 Å². The maximum atomic E-state index is 13.8. The molecule has 2 aromatic carbocycles. The van der Waals surface area contributed by atoms with Crippen molar-refractivity contribution in [3.8, 4) is 11.3 Å². The van der Waals surface area contributed by atoms with E-state index < -0.39 is 35.3 Å². The highest BCUT2D eigenvalue weighted by Crippen LogP contribution is 2.49. The van der Waals surface area contributed by atoms with Crippen LogP contribution in [0.3, 0.4) is 0 Å². The molecule has 1 unspecified atom stereocenters. The SMILES string of the molecule is Cc1cc2nc(NC(=O)c3ccc([C@](O)(C(O)C4CC4)C(F)(F)F)cc3)cc(-c3ccccc3)n2n1. The minimum absolute atomic E-state index is 0.0665. The summed E-state index contributed by atoms with van der Waals surface area (Å²) in [5.41, 5.74) is -1.06. The number of fused-ring (bicyclic) bond motifs is 1. The molecule has 36 heavy (non-hydrogen) atoms. The molecular formula is C26H23F3N4O3. The molecule has 186 valence electrons. The highest BCUT2D eigenvalue weighted by atomic mass is 19.4. The number of hydrogen-bond acceptors (Lipinski definition) is 5. The first-order chi connectivity index (χ1) is 17.1. The number of aliphatic hydroxyl groups is 2. The minimum Gasteiger partial charge on any atom is -0.389 e. The van der Waals surface area contributed by atoms with E-state index in [1.54, 1.807) is 16.6 Å². The maximum absolute atomic E-state index is 13.8. The van der Waals surface area contributed by atoms with Crippen LogP contribution in [0.15, 0.2) is 66.7 Å². The van der Waals surface area contributed by atoms with Crippen LogP contribution in [0.2, 0.25) is 0 Å². The summed E-state index contributed by atoms with van der Waals surface area (Å²) in [4.78, 5) is 17.3. The Labute approximate surface area is 204 Å². The van der Waals surface area contributed by atoms with Gasteiger partial charge < -0.3 is 15.5 Å². The van der Waals surface area contributed by atoms with Gasteiger partial charge in [-0.15, -0.1) is 0 Å². The summed E-state index contributed by atoms with van der Waals surface area (Å²) in [7, 11) is 0. The second kappa shape index (κ2) is 8.72. The van der Waals surface area contributed by atoms with Gasteiger partial charge in [-0.3, -0.25) is 4.79 Å². The number of nitrogens with one attached hydrogen (secondary N) is 1. The largest absolute Gasteiger partial charge is 0.424 e. The number of carbonyl (C=O) groups is 1. The molecule has 1 saturated carbocycles. The lowest BCUT2D eigenvalue weighted by molar-refractivity contribution is -0.300. The molecule has 3 N–H and O–H groups in total. The van der Waals surface area contributed by atoms with Gasteiger partial charge in [0.15, 0.2) is 5.65 Å². The van der Waals surface area contributed by atoms with Crippen molar-refractivity contribution in [2.45, 2.75) is 37.6 Å². The number of carbonyl (C=O) groups excluding carboxylic acids is 1. The van der Waals surface area contributed by atoms with Gasteiger partial charge in [-0.2, -0.15) is 18.3 Å². The Morgan fingerprint density at radius 3 is 2.36 bits per heavy atom. The van der Waals surface area contributed by atoms with Crippen LogP contribution in [0.25, 0.3) is 16.9 Å². The third-order valence-electron chi connectivity index (χ3n) is 6.38. The molecule has 1 amide bonds. The van der Waals surface area contributed by atoms with Gasteiger partial charge in [0.05, 0.1) is 17.5 Å². The second-order valence-electron chi connectivity index (χ2n) is 9.03. The second-order valence-corrected chi connectivity index (χ2v) is 9.03. The first-order valence-electron chi connectivity index (χ1n) is 11.4. The predicted octanol–water partition coefficient (Wildman–Crippen LogP) is 4.48. The zero-order valence-electron chi connectivity index (χ0n) is 19.2. The Bertz CT molecular complexity index is 1420. The minimum atomic E-state index is -5.09. The first-order valence-corrected chi connectivity index (χ1v) is 11.4. The molecule has 7 nitrogen and oxygen atoms in total. The highest BCUT2D eigenvalue weighted by Gasteiger charge is 2.62. The van der Waals surface area contributed by atoms with E-state index in [2.05, 4.69) is 15.4 Å². The molecule has 0 bridgehead atoms. The molecule has 1 fully saturated rings. The molecule has 2 heterocycles. The maximum Gasteiger partial charge on any atom is 0.424 e. The van der Waals surface area contributed by atoms with Gasteiger partial charge in [-0.1, -0.05) is 42.5 Å². The molecule has 2 atom stereocenters. The van der Waals surface area contributed by atoms with Crippen molar-refractivity contribution in [1.29, 1.82) is 0 Å². The Morgan fingerprint density at radius 2 is 1.75 bits per heavy atom. The fraction of sp³-hybridized carbons (Fsp3) is 0.269. The van der Waals surface area contributed by atoms with Crippen LogP contribution in [0.4, 0.5) is 19.0 Å². The van der Waals surface area contributed by atoms with Crippen molar-refractivity contribution in [2.24, 2.45) is 5.92 Å². The number of halogens is 3. The van der Waals surface area contributed by atoms with Gasteiger partial charge in [0.25, 0.3) is 5.91 Å². The number of aromatic nitrogens is 3. The molecule has 0 radical (unpaired) electrons. The third kappa shape index (κ3) is 4.22. The lowest BCUT2D eigenvalue weighted by atomic mass is 9.84. The van der Waals surface area contributed by atoms with Crippen LogP contribution >= 0.6 is 0 Å². The fourth-order valence-electron chi connectivity index (χ4n) is 4.29. The normalized spacial score (nSPS) is 16.5. The predicted molar refractivity (Wildman–Crippen MR) is 126 cm³/mol. The number of anilines is 1. The van der Waals surface area contributed by atoms with Crippen LogP contribution < -0.4 is 5.32 Å². The summed E-state index contributed by atoms with van der Waals surface area (Å²) in [5, 5.41) is 27.9. The zero-order chi connectivity index (χ0) is 25.7. The summed E-state index contributed by atoms with van der Waals surface area (Å²) in [5.74, 6) is -0.968. The van der Waals surface area contributed by atoms with Crippen molar-refractivity contribution in [2.75, 3.05) is 5.32 Å². The van der Waals surface area contributed by atoms with Crippen LogP contribution in [0, 0.1) is 12.8 Å². The van der Waals surface area contributed by atoms with Gasteiger partial charge >= 0.3 is 6.18 Å². The first kappa shape index (κ1) is 24.0. The van der Waals surface area contributed by atoms with Crippen LogP contribution in [0.1, 0.15) is 34.5 Å². The van der Waals surface area contributed by atoms with Gasteiger partial charge in [0.1, 0.15) is 5.82 Å². The summed E-state index contributed by atoms with van der Waals surface area (Å²) in [6.45, 7) is 1.82. The average molecular weight is 496 g/mol. The van der Waals surface area contributed by atoms with Gasteiger partial charge in [-0.25, -0.2) is 9.50 Å². The monoisotopic (exact) mass is 496 g/mol. The Hall–Kier alpha value is -3.76. The van der Waals surface area contributed by atoms with Crippen LogP contribution in [-0.4, -0.2) is 43.0 Å². The van der Waals surface area contributed by atoms with E-state index in [9.17, 15) is 28.2 Å². The number of nitrogens with zero attached hydrogens (tertiary/aromatic N) is 3. The van der Waals surface area contributed by atoms with E-state index in [1.165, 1.54) is 12.1 Å². The number of aryl methyl sites for hydroxylation is 1. The quantitative estimate of drug-likeness (QED) is 0.366. The number of alkyl halides is 3. The van der Waals surface area contributed by atoms with Crippen molar-refractivity contribution in [1.82, 2.24) is 14.6 Å². The lowest BCUT2D eigenvalue weighted by Crippen LogP contribution is -2.52. The van der Waals surface area contributed by atoms with E-state index >= 15 is 0 Å². The molecule has 5 rings (SSSR count). The Kier molecular flexibility index (Phi) is 5.80. The molecule has 4 aromatic rings. The number of amides is 1. The smallest absolute Gasteiger partial charge is 0.389 e. The van der Waals surface area contributed by atoms with Crippen molar-refractivity contribution in [3.05, 3.63) is 83.6 Å². The van der Waals surface area contributed by atoms with Crippen molar-refractivity contribution < 1.29 is 28.2 Å². The van der Waals surface area contributed by atoms with E-state index in [0.717, 1.165) is 23.4 Å². The van der Waals surface area contributed by atoms with Crippen molar-refractivity contribution in [3.63, 3.8) is 0 Å². The molecule has 2 aromatic heterocycles. The summed E-state index contributed by atoms with van der Waals surface area (Å²) >= 11 is 0. The molecule has 0 saturated heterocycles. The van der Waals surface area contributed by atoms with Gasteiger partial charge in [-0.05, 0) is 43.4 Å². The molecule has 0 aliphatic heterocycles. The van der Waals surface area contributed by atoms with Gasteiger partial charge in [0.2, 0.25) is 5.60 Å². The van der Waals surface area contributed by atoms with E-state index in [0.29, 0.717) is 24.2 Å². The van der Waals surface area contributed by atoms with E-state index in [4.69, 9.17) is 0 Å². The average Bonchev–Trinajstić information content (AvgIpc) is 3.63. The zero-order valence-corrected chi connectivity index (χ0v) is 19.2. The van der Waals surface area contributed by atoms with Crippen LogP contribution in [-0.2, 0) is 5.60 Å². The molecule has 1 aliphatic rings. The molecule has 10 heteroatoms. The summed E-state index contributed by atoms with van der Waals surface area (Å²) < 4.78 is 43.0. The van der Waals surface area contributed by atoms with E-state index in [1.807, 2.05) is 37.3 Å². The third-order valence-corrected chi connectivity index (χ3v) is 6.38. The summed E-state index contributed by atoms with van der Waals surface area (Å²) in [6, 6.07) is 17.2. The fourth-order valence-corrected chi connectivity index (χ4v) is 4.29. The number of benzene rings is 2. The Balaban J connectivity index is 1.44. The molecular weight excluding hydrogens is 473 g/mol. The molecule has 1 aliphatic carbocycles. The summed E-state index contributed by atoms with van der Waals surface area (Å²) in [6.07, 6.45) is -6.24. The lowest BCUT2D eigenvalue weighted by Gasteiger charge is -2.35. The number of rotatable bonds is 6. The van der Waals surface area contributed by atoms with Crippen molar-refractivity contribution >= 4 is 17.4 Å². The highest BCUT2D eigenvalue weighted by molar-refractivity contribution is 6.04. The topological polar surface area (TPSA) is 99.8 Å². The number of aliphatic hydroxyl groups excluding tert-OH is 1. The number of hydrogen-bond donors (Lipinski definition) is 3. The standard InChI is InChI=1S/C26H23F3N4O3/c1-15-13-22-30-21(14-20(33(22)32-15)16-5-3-2-4-6-16)31-24(35)18-9-11-19(12-10-18)25(36,26(27,28)29)23(34)17-7-8-17/h2-6,9-14,17,23,34,36H,7-8H2,1H3,(H,30,31,35)/t23?,25-/m0/s1. The van der Waals surface area contributed by atoms with Gasteiger partial charge in [0, 0.05) is 23.3 Å².